The average molecular weight is 754 g/mol. The minimum absolute atomic E-state index is 0.854. The van der Waals surface area contributed by atoms with E-state index in [1.165, 1.54) is 33.0 Å². The third-order valence-electron chi connectivity index (χ3n) is 11.7. The summed E-state index contributed by atoms with van der Waals surface area (Å²) in [5.41, 5.74) is 16.3. The topological polar surface area (TPSA) is 35.9 Å². The Morgan fingerprint density at radius 2 is 0.898 bits per heavy atom. The Bertz CT molecular complexity index is 3430. The molecule has 12 rings (SSSR count). The molecular formula is C55H35N3O. The van der Waals surface area contributed by atoms with Crippen molar-refractivity contribution >= 4 is 54.8 Å². The first-order chi connectivity index (χ1) is 29.2. The lowest BCUT2D eigenvalue weighted by atomic mass is 9.99. The van der Waals surface area contributed by atoms with Gasteiger partial charge in [0, 0.05) is 44.5 Å². The molecule has 0 saturated heterocycles. The van der Waals surface area contributed by atoms with Crippen molar-refractivity contribution in [1.82, 2.24) is 14.1 Å². The van der Waals surface area contributed by atoms with E-state index < -0.39 is 0 Å². The number of hydrogen-bond donors (Lipinski definition) is 0. The highest BCUT2D eigenvalue weighted by Crippen LogP contribution is 2.41. The van der Waals surface area contributed by atoms with Gasteiger partial charge in [0.2, 0.25) is 0 Å². The monoisotopic (exact) mass is 753 g/mol. The largest absolute Gasteiger partial charge is 0.456 e. The molecule has 0 radical (unpaired) electrons. The number of benzene rings is 9. The summed E-state index contributed by atoms with van der Waals surface area (Å²) in [6, 6.07) is 75.5. The van der Waals surface area contributed by atoms with Crippen LogP contribution in [-0.4, -0.2) is 14.1 Å². The Labute approximate surface area is 340 Å². The molecule has 0 saturated carbocycles. The number of nitrogens with zero attached hydrogens (tertiary/aromatic N) is 3. The lowest BCUT2D eigenvalue weighted by Crippen LogP contribution is -1.97. The van der Waals surface area contributed by atoms with E-state index in [-0.39, 0.29) is 0 Å². The van der Waals surface area contributed by atoms with Gasteiger partial charge in [0.25, 0.3) is 0 Å². The Morgan fingerprint density at radius 3 is 1.56 bits per heavy atom. The molecular weight excluding hydrogens is 719 g/mol. The van der Waals surface area contributed by atoms with Gasteiger partial charge < -0.3 is 8.98 Å². The average Bonchev–Trinajstić information content (AvgIpc) is 3.99. The molecule has 3 heterocycles. The summed E-state index contributed by atoms with van der Waals surface area (Å²) < 4.78 is 11.4. The number of furan rings is 1. The molecule has 276 valence electrons. The van der Waals surface area contributed by atoms with Crippen molar-refractivity contribution < 1.29 is 4.42 Å². The highest BCUT2D eigenvalue weighted by Gasteiger charge is 2.19. The first-order valence-corrected chi connectivity index (χ1v) is 20.0. The second kappa shape index (κ2) is 13.3. The highest BCUT2D eigenvalue weighted by molar-refractivity contribution is 6.14. The molecule has 0 N–H and O–H groups in total. The fourth-order valence-electron chi connectivity index (χ4n) is 8.97. The normalized spacial score (nSPS) is 11.7. The van der Waals surface area contributed by atoms with Gasteiger partial charge >= 0.3 is 0 Å². The third kappa shape index (κ3) is 5.42. The quantitative estimate of drug-likeness (QED) is 0.169. The zero-order valence-corrected chi connectivity index (χ0v) is 32.0. The van der Waals surface area contributed by atoms with Crippen LogP contribution in [0.1, 0.15) is 0 Å². The van der Waals surface area contributed by atoms with E-state index in [2.05, 4.69) is 209 Å². The molecule has 0 bridgehead atoms. The van der Waals surface area contributed by atoms with Gasteiger partial charge in [-0.25, -0.2) is 4.98 Å². The van der Waals surface area contributed by atoms with Crippen LogP contribution in [0.2, 0.25) is 0 Å². The van der Waals surface area contributed by atoms with Gasteiger partial charge in [-0.1, -0.05) is 152 Å². The number of fused-ring (bicyclic) bond motifs is 7. The van der Waals surface area contributed by atoms with Crippen LogP contribution in [0.15, 0.2) is 217 Å². The molecule has 0 aliphatic carbocycles. The van der Waals surface area contributed by atoms with Crippen LogP contribution in [-0.2, 0) is 0 Å². The van der Waals surface area contributed by atoms with Crippen LogP contribution in [0.3, 0.4) is 0 Å². The molecule has 0 spiro atoms. The molecule has 59 heavy (non-hydrogen) atoms. The highest BCUT2D eigenvalue weighted by atomic mass is 16.3. The molecule has 3 aromatic heterocycles. The predicted molar refractivity (Wildman–Crippen MR) is 244 cm³/mol. The van der Waals surface area contributed by atoms with Crippen molar-refractivity contribution in [1.29, 1.82) is 0 Å². The molecule has 0 aliphatic heterocycles. The van der Waals surface area contributed by atoms with Gasteiger partial charge in [0.05, 0.1) is 22.1 Å². The van der Waals surface area contributed by atoms with Gasteiger partial charge in [-0.05, 0) is 88.0 Å². The summed E-state index contributed by atoms with van der Waals surface area (Å²) in [5.74, 6) is 0.925. The Kier molecular flexibility index (Phi) is 7.50. The summed E-state index contributed by atoms with van der Waals surface area (Å²) >= 11 is 0. The van der Waals surface area contributed by atoms with Crippen LogP contribution < -0.4 is 0 Å². The van der Waals surface area contributed by atoms with Crippen LogP contribution in [0.25, 0.3) is 111 Å². The van der Waals surface area contributed by atoms with Crippen LogP contribution in [0.4, 0.5) is 0 Å². The summed E-state index contributed by atoms with van der Waals surface area (Å²) in [6.07, 6.45) is 0. The zero-order chi connectivity index (χ0) is 38.9. The van der Waals surface area contributed by atoms with Gasteiger partial charge in [-0.3, -0.25) is 4.57 Å². The van der Waals surface area contributed by atoms with Crippen LogP contribution in [0.5, 0.6) is 0 Å². The fourth-order valence-corrected chi connectivity index (χ4v) is 8.97. The van der Waals surface area contributed by atoms with E-state index in [9.17, 15) is 0 Å². The minimum Gasteiger partial charge on any atom is -0.456 e. The minimum atomic E-state index is 0.854. The number of aromatic nitrogens is 3. The number of hydrogen-bond acceptors (Lipinski definition) is 2. The lowest BCUT2D eigenvalue weighted by Gasteiger charge is -2.11. The van der Waals surface area contributed by atoms with Crippen molar-refractivity contribution in [2.24, 2.45) is 0 Å². The van der Waals surface area contributed by atoms with Gasteiger partial charge in [0.1, 0.15) is 17.0 Å². The van der Waals surface area contributed by atoms with E-state index in [1.807, 2.05) is 12.1 Å². The van der Waals surface area contributed by atoms with Crippen molar-refractivity contribution in [2.45, 2.75) is 0 Å². The zero-order valence-electron chi connectivity index (χ0n) is 32.0. The third-order valence-corrected chi connectivity index (χ3v) is 11.7. The van der Waals surface area contributed by atoms with Crippen molar-refractivity contribution in [3.8, 4) is 56.1 Å². The summed E-state index contributed by atoms with van der Waals surface area (Å²) in [5, 5.41) is 4.63. The van der Waals surface area contributed by atoms with Gasteiger partial charge in [0.15, 0.2) is 0 Å². The molecule has 0 atom stereocenters. The standard InChI is InChI=1S/C55H35N3O/c1-4-13-36(14-5-1)40-25-30-45-46-31-26-41(37-15-6-2-7-16-37)34-51(46)57(50(45)33-40)43-29-32-47-53(35-43)59-52-22-12-19-44(54(47)52)38-23-27-42(28-24-38)58-49-21-11-10-20-48(49)56-55(58)39-17-8-3-9-18-39/h1-35H. The molecule has 12 aromatic rings. The molecule has 0 fully saturated rings. The number of para-hydroxylation sites is 2. The molecule has 4 nitrogen and oxygen atoms in total. The lowest BCUT2D eigenvalue weighted by molar-refractivity contribution is 0.668. The maximum Gasteiger partial charge on any atom is 0.145 e. The molecule has 4 heteroatoms. The van der Waals surface area contributed by atoms with E-state index in [0.29, 0.717) is 0 Å². The molecule has 9 aromatic carbocycles. The maximum atomic E-state index is 6.73. The number of imidazole rings is 1. The second-order valence-electron chi connectivity index (χ2n) is 15.2. The van der Waals surface area contributed by atoms with Crippen molar-refractivity contribution in [3.63, 3.8) is 0 Å². The molecule has 0 unspecified atom stereocenters. The van der Waals surface area contributed by atoms with Crippen molar-refractivity contribution in [2.75, 3.05) is 0 Å². The van der Waals surface area contributed by atoms with Crippen LogP contribution in [0, 0.1) is 0 Å². The number of rotatable bonds is 6. The smallest absolute Gasteiger partial charge is 0.145 e. The Balaban J connectivity index is 1.00. The molecule has 0 aliphatic rings. The second-order valence-corrected chi connectivity index (χ2v) is 15.2. The predicted octanol–water partition coefficient (Wildman–Crippen LogP) is 14.7. The first kappa shape index (κ1) is 33.2. The first-order valence-electron chi connectivity index (χ1n) is 20.0. The van der Waals surface area contributed by atoms with E-state index >= 15 is 0 Å². The Morgan fingerprint density at radius 1 is 0.339 bits per heavy atom. The fraction of sp³-hybridized carbons (Fsp3) is 0. The van der Waals surface area contributed by atoms with Crippen molar-refractivity contribution in [3.05, 3.63) is 212 Å². The summed E-state index contributed by atoms with van der Waals surface area (Å²) in [7, 11) is 0. The summed E-state index contributed by atoms with van der Waals surface area (Å²) in [4.78, 5) is 5.05. The van der Waals surface area contributed by atoms with Gasteiger partial charge in [-0.15, -0.1) is 0 Å². The van der Waals surface area contributed by atoms with E-state index in [1.54, 1.807) is 0 Å². The van der Waals surface area contributed by atoms with Gasteiger partial charge in [-0.2, -0.15) is 0 Å². The SMILES string of the molecule is c1ccc(-c2ccc3c4ccc(-c5ccccc5)cc4n(-c4ccc5c(c4)oc4cccc(-c6ccc(-n7c(-c8ccccc8)nc8ccccc87)cc6)c45)c3c2)cc1. The van der Waals surface area contributed by atoms with Crippen LogP contribution >= 0.6 is 0 Å². The molecule has 0 amide bonds. The Hall–Kier alpha value is -7.95. The van der Waals surface area contributed by atoms with E-state index in [4.69, 9.17) is 9.40 Å². The maximum absolute atomic E-state index is 6.73. The summed E-state index contributed by atoms with van der Waals surface area (Å²) in [6.45, 7) is 0. The van der Waals surface area contributed by atoms with E-state index in [0.717, 1.165) is 77.9 Å².